The smallest absolute Gasteiger partial charge is 0.416 e. The fraction of sp³-hybridized carbons (Fsp3) is 0.250. The van der Waals surface area contributed by atoms with E-state index >= 15 is 0 Å². The number of ether oxygens (including phenoxy) is 2. The van der Waals surface area contributed by atoms with Gasteiger partial charge in [-0.2, -0.15) is 13.2 Å². The molecule has 1 fully saturated rings. The van der Waals surface area contributed by atoms with Crippen LogP contribution in [-0.4, -0.2) is 32.4 Å². The number of benzene rings is 2. The highest BCUT2D eigenvalue weighted by atomic mass is 32.2. The highest BCUT2D eigenvalue weighted by Gasteiger charge is 2.41. The molecule has 10 heteroatoms. The van der Waals surface area contributed by atoms with Crippen LogP contribution in [0.5, 0.6) is 0 Å². The lowest BCUT2D eigenvalue weighted by atomic mass is 10.1. The third-order valence-corrected chi connectivity index (χ3v) is 6.28. The van der Waals surface area contributed by atoms with E-state index in [9.17, 15) is 26.4 Å². The molecule has 0 spiro atoms. The molecular formula is C20H18F3NO5S. The van der Waals surface area contributed by atoms with Crippen LogP contribution in [0.25, 0.3) is 0 Å². The standard InChI is InChI=1S/C20H18F3NO5S/c1-13-3-9-17(10-4-13)30(26,27)24-16(11-18(25)28-2)12-29-19(24)14-5-7-15(8-6-14)20(21,22)23/h3-11,19H,12H2,1-2H3/b16-11+. The van der Waals surface area contributed by atoms with Gasteiger partial charge in [0.25, 0.3) is 10.0 Å². The van der Waals surface area contributed by atoms with Crippen LogP contribution < -0.4 is 0 Å². The summed E-state index contributed by atoms with van der Waals surface area (Å²) >= 11 is 0. The number of hydrogen-bond acceptors (Lipinski definition) is 5. The zero-order chi connectivity index (χ0) is 22.1. The molecule has 0 saturated carbocycles. The Morgan fingerprint density at radius 3 is 2.27 bits per heavy atom. The lowest BCUT2D eigenvalue weighted by Gasteiger charge is -2.26. The average molecular weight is 441 g/mol. The second-order valence-electron chi connectivity index (χ2n) is 6.56. The van der Waals surface area contributed by atoms with Crippen LogP contribution in [0.15, 0.2) is 65.2 Å². The van der Waals surface area contributed by atoms with Crippen molar-refractivity contribution in [1.82, 2.24) is 4.31 Å². The van der Waals surface area contributed by atoms with E-state index in [-0.39, 0.29) is 22.8 Å². The van der Waals surface area contributed by atoms with Crippen molar-refractivity contribution in [2.24, 2.45) is 0 Å². The van der Waals surface area contributed by atoms with E-state index in [0.29, 0.717) is 0 Å². The maximum atomic E-state index is 13.3. The third-order valence-electron chi connectivity index (χ3n) is 4.47. The number of sulfonamides is 1. The van der Waals surface area contributed by atoms with Crippen molar-refractivity contribution in [3.8, 4) is 0 Å². The highest BCUT2D eigenvalue weighted by molar-refractivity contribution is 7.89. The first-order chi connectivity index (χ1) is 14.0. The number of esters is 1. The minimum atomic E-state index is -4.53. The van der Waals surface area contributed by atoms with Gasteiger partial charge in [0.05, 0.1) is 29.9 Å². The maximum absolute atomic E-state index is 13.3. The van der Waals surface area contributed by atoms with E-state index in [2.05, 4.69) is 4.74 Å². The van der Waals surface area contributed by atoms with Crippen LogP contribution >= 0.6 is 0 Å². The van der Waals surface area contributed by atoms with Crippen LogP contribution in [0.4, 0.5) is 13.2 Å². The molecule has 1 heterocycles. The topological polar surface area (TPSA) is 72.9 Å². The fourth-order valence-corrected chi connectivity index (χ4v) is 4.47. The van der Waals surface area contributed by atoms with Gasteiger partial charge in [0.1, 0.15) is 0 Å². The SMILES string of the molecule is COC(=O)/C=C1\COC(c2ccc(C(F)(F)F)cc2)N1S(=O)(=O)c1ccc(C)cc1. The average Bonchev–Trinajstić information content (AvgIpc) is 3.12. The van der Waals surface area contributed by atoms with E-state index in [1.54, 1.807) is 19.1 Å². The number of carbonyl (C=O) groups is 1. The highest BCUT2D eigenvalue weighted by Crippen LogP contribution is 2.39. The van der Waals surface area contributed by atoms with Crippen LogP contribution in [0.3, 0.4) is 0 Å². The van der Waals surface area contributed by atoms with Gasteiger partial charge >= 0.3 is 12.1 Å². The van der Waals surface area contributed by atoms with Crippen molar-refractivity contribution >= 4 is 16.0 Å². The lowest BCUT2D eigenvalue weighted by Crippen LogP contribution is -2.30. The zero-order valence-electron chi connectivity index (χ0n) is 16.0. The van der Waals surface area contributed by atoms with Crippen molar-refractivity contribution in [1.29, 1.82) is 0 Å². The molecular weight excluding hydrogens is 423 g/mol. The van der Waals surface area contributed by atoms with E-state index in [0.717, 1.165) is 47.3 Å². The first-order valence-corrected chi connectivity index (χ1v) is 10.2. The summed E-state index contributed by atoms with van der Waals surface area (Å²) in [4.78, 5) is 11.7. The van der Waals surface area contributed by atoms with Crippen LogP contribution in [-0.2, 0) is 30.5 Å². The minimum absolute atomic E-state index is 0.00678. The second kappa shape index (κ2) is 8.11. The monoisotopic (exact) mass is 441 g/mol. The number of halogens is 3. The Bertz CT molecular complexity index is 1060. The maximum Gasteiger partial charge on any atom is 0.416 e. The summed E-state index contributed by atoms with van der Waals surface area (Å²) < 4.78 is 76.2. The molecule has 0 radical (unpaired) electrons. The molecule has 1 aliphatic heterocycles. The summed E-state index contributed by atoms with van der Waals surface area (Å²) in [5.74, 6) is -0.786. The van der Waals surface area contributed by atoms with E-state index in [1.807, 2.05) is 0 Å². The van der Waals surface area contributed by atoms with Gasteiger partial charge in [-0.3, -0.25) is 0 Å². The molecule has 3 rings (SSSR count). The molecule has 2 aromatic carbocycles. The normalized spacial score (nSPS) is 18.6. The van der Waals surface area contributed by atoms with Gasteiger partial charge in [0, 0.05) is 11.6 Å². The van der Waals surface area contributed by atoms with Crippen molar-refractivity contribution < 1.29 is 35.9 Å². The van der Waals surface area contributed by atoms with E-state index in [4.69, 9.17) is 4.74 Å². The Hall–Kier alpha value is -2.85. The van der Waals surface area contributed by atoms with Crippen LogP contribution in [0, 0.1) is 6.92 Å². The van der Waals surface area contributed by atoms with E-state index < -0.39 is 34.0 Å². The van der Waals surface area contributed by atoms with Gasteiger partial charge in [0.2, 0.25) is 0 Å². The molecule has 0 aliphatic carbocycles. The van der Waals surface area contributed by atoms with Crippen molar-refractivity contribution in [2.45, 2.75) is 24.2 Å². The molecule has 160 valence electrons. The number of aryl methyl sites for hydroxylation is 1. The summed E-state index contributed by atoms with van der Waals surface area (Å²) in [6.45, 7) is 1.55. The predicted molar refractivity (Wildman–Crippen MR) is 100 cm³/mol. The Kier molecular flexibility index (Phi) is 5.91. The molecule has 0 bridgehead atoms. The quantitative estimate of drug-likeness (QED) is 0.533. The molecule has 2 aromatic rings. The fourth-order valence-electron chi connectivity index (χ4n) is 2.92. The molecule has 6 nitrogen and oxygen atoms in total. The van der Waals surface area contributed by atoms with Crippen molar-refractivity contribution in [3.63, 3.8) is 0 Å². The molecule has 30 heavy (non-hydrogen) atoms. The van der Waals surface area contributed by atoms with Gasteiger partial charge in [-0.25, -0.2) is 17.5 Å². The van der Waals surface area contributed by atoms with Crippen LogP contribution in [0.2, 0.25) is 0 Å². The summed E-state index contributed by atoms with van der Waals surface area (Å²) in [5, 5.41) is 0. The molecule has 1 unspecified atom stereocenters. The first kappa shape index (κ1) is 21.8. The summed E-state index contributed by atoms with van der Waals surface area (Å²) in [7, 11) is -3.04. The van der Waals surface area contributed by atoms with Crippen LogP contribution in [0.1, 0.15) is 22.9 Å². The zero-order valence-corrected chi connectivity index (χ0v) is 16.8. The van der Waals surface area contributed by atoms with Gasteiger partial charge in [-0.05, 0) is 31.2 Å². The van der Waals surface area contributed by atoms with Gasteiger partial charge in [0.15, 0.2) is 6.23 Å². The number of hydrogen-bond donors (Lipinski definition) is 0. The third kappa shape index (κ3) is 4.34. The lowest BCUT2D eigenvalue weighted by molar-refractivity contribution is -0.137. The van der Waals surface area contributed by atoms with Gasteiger partial charge in [-0.1, -0.05) is 29.8 Å². The number of nitrogens with zero attached hydrogens (tertiary/aromatic N) is 1. The Balaban J connectivity index is 2.07. The van der Waals surface area contributed by atoms with Gasteiger partial charge in [-0.15, -0.1) is 0 Å². The van der Waals surface area contributed by atoms with Crippen molar-refractivity contribution in [2.75, 3.05) is 13.7 Å². The largest absolute Gasteiger partial charge is 0.466 e. The number of carbonyl (C=O) groups excluding carboxylic acids is 1. The van der Waals surface area contributed by atoms with Gasteiger partial charge < -0.3 is 9.47 Å². The summed E-state index contributed by atoms with van der Waals surface area (Å²) in [6, 6.07) is 10.0. The van der Waals surface area contributed by atoms with Crippen molar-refractivity contribution in [3.05, 3.63) is 77.0 Å². The molecule has 1 aliphatic rings. The Morgan fingerprint density at radius 2 is 1.73 bits per heavy atom. The summed E-state index contributed by atoms with van der Waals surface area (Å²) in [5.41, 5.74) is 0.165. The first-order valence-electron chi connectivity index (χ1n) is 8.72. The predicted octanol–water partition coefficient (Wildman–Crippen LogP) is 3.79. The number of rotatable bonds is 4. The molecule has 1 atom stereocenters. The summed E-state index contributed by atoms with van der Waals surface area (Å²) in [6.07, 6.45) is -4.79. The molecule has 0 N–H and O–H groups in total. The number of alkyl halides is 3. The Morgan fingerprint density at radius 1 is 1.13 bits per heavy atom. The minimum Gasteiger partial charge on any atom is -0.466 e. The molecule has 0 aromatic heterocycles. The second-order valence-corrected chi connectivity index (χ2v) is 8.37. The molecule has 1 saturated heterocycles. The Labute approximate surface area is 171 Å². The molecule has 0 amide bonds. The number of methoxy groups -OCH3 is 1. The van der Waals surface area contributed by atoms with E-state index in [1.165, 1.54) is 12.1 Å².